The lowest BCUT2D eigenvalue weighted by atomic mass is 10.0. The van der Waals surface area contributed by atoms with Gasteiger partial charge in [0.1, 0.15) is 12.4 Å². The molecule has 0 aliphatic carbocycles. The smallest absolute Gasteiger partial charge is 0.248 e. The zero-order chi connectivity index (χ0) is 30.4. The maximum atomic E-state index is 12.9. The zero-order valence-corrected chi connectivity index (χ0v) is 26.2. The second-order valence-electron chi connectivity index (χ2n) is 9.99. The first-order valence-electron chi connectivity index (χ1n) is 14.5. The number of nitrogens with one attached hydrogen (secondary N) is 1. The van der Waals surface area contributed by atoms with Gasteiger partial charge in [-0.3, -0.25) is 4.79 Å². The van der Waals surface area contributed by atoms with E-state index in [-0.39, 0.29) is 5.91 Å². The summed E-state index contributed by atoms with van der Waals surface area (Å²) < 4.78 is 26.2. The van der Waals surface area contributed by atoms with Crippen LogP contribution in [0.25, 0.3) is 17.2 Å². The van der Waals surface area contributed by atoms with E-state index in [0.29, 0.717) is 34.6 Å². The van der Waals surface area contributed by atoms with Gasteiger partial charge in [0.2, 0.25) is 5.91 Å². The Kier molecular flexibility index (Phi) is 12.7. The average molecular weight is 620 g/mol. The van der Waals surface area contributed by atoms with E-state index in [0.717, 1.165) is 60.5 Å². The summed E-state index contributed by atoms with van der Waals surface area (Å²) in [6.45, 7) is 6.92. The van der Waals surface area contributed by atoms with Crippen LogP contribution in [0.5, 0.6) is 5.75 Å². The van der Waals surface area contributed by atoms with E-state index in [1.165, 1.54) is 6.08 Å². The first-order chi connectivity index (χ1) is 21.0. The van der Waals surface area contributed by atoms with Crippen molar-refractivity contribution in [3.05, 3.63) is 102 Å². The minimum absolute atomic E-state index is 0.293. The molecule has 226 valence electrons. The maximum Gasteiger partial charge on any atom is 0.248 e. The Morgan fingerprint density at radius 3 is 2.51 bits per heavy atom. The number of unbranched alkanes of at least 4 members (excludes halogenated alkanes) is 1. The predicted molar refractivity (Wildman–Crippen MR) is 175 cm³/mol. The fraction of sp³-hybridized carbons (Fsp3) is 0.294. The zero-order valence-electron chi connectivity index (χ0n) is 24.6. The number of benzene rings is 3. The number of rotatable bonds is 16. The fourth-order valence-corrected chi connectivity index (χ4v) is 5.63. The first-order valence-corrected chi connectivity index (χ1v) is 16.2. The Morgan fingerprint density at radius 2 is 1.77 bits per heavy atom. The number of hydrogen-bond donors (Lipinski definition) is 1. The number of carbonyl (C=O) groups excluding carboxylic acids is 1. The molecule has 43 heavy (non-hydrogen) atoms. The van der Waals surface area contributed by atoms with E-state index >= 15 is 0 Å². The molecule has 0 fully saturated rings. The highest BCUT2D eigenvalue weighted by Crippen LogP contribution is 2.28. The molecule has 3 aromatic carbocycles. The number of hydrogen-bond acceptors (Lipinski definition) is 5. The van der Waals surface area contributed by atoms with E-state index in [1.807, 2.05) is 47.0 Å². The number of nitrogens with zero attached hydrogens (tertiary/aromatic N) is 2. The first kappa shape index (κ1) is 32.4. The number of ether oxygens (including phenoxy) is 2. The molecule has 4 rings (SSSR count). The van der Waals surface area contributed by atoms with Crippen molar-refractivity contribution < 1.29 is 18.8 Å². The molecule has 9 heteroatoms. The summed E-state index contributed by atoms with van der Waals surface area (Å²) in [7, 11) is 0. The number of halogens is 1. The summed E-state index contributed by atoms with van der Waals surface area (Å²) in [4.78, 5) is 17.5. The van der Waals surface area contributed by atoms with Crippen LogP contribution in [0.15, 0.2) is 90.2 Å². The topological polar surface area (TPSA) is 88.4 Å². The molecule has 0 aliphatic heterocycles. The number of aryl methyl sites for hydroxylation is 1. The SMILES string of the molecule is CCCCOCCOc1ccc(-c2ccc(Cl)c(/C=C/C(=O)Nc3ccc([S@@+]([O-])Cc4cncn4CCC)cc3)c2)cc1. The standard InChI is InChI=1S/C34H38ClN3O4S/c1-3-5-19-41-20-21-42-31-12-6-26(7-13-31)27-8-16-33(35)28(22-27)9-17-34(39)37-29-10-14-32(15-11-29)43(40)24-30-23-36-25-38(30)18-4-2/h6-17,22-23,25H,3-5,18-21,24H2,1-2H3,(H,37,39)/b17-9+/t43-/m0/s1. The molecule has 0 aliphatic rings. The third-order valence-corrected chi connectivity index (χ3v) is 8.36. The van der Waals surface area contributed by atoms with E-state index in [1.54, 1.807) is 42.9 Å². The molecule has 0 unspecified atom stereocenters. The highest BCUT2D eigenvalue weighted by molar-refractivity contribution is 7.90. The predicted octanol–water partition coefficient (Wildman–Crippen LogP) is 7.77. The lowest BCUT2D eigenvalue weighted by molar-refractivity contribution is -0.111. The quantitative estimate of drug-likeness (QED) is 0.0786. The van der Waals surface area contributed by atoms with Crippen LogP contribution < -0.4 is 10.1 Å². The van der Waals surface area contributed by atoms with Gasteiger partial charge in [-0.25, -0.2) is 4.98 Å². The Labute approximate surface area is 262 Å². The Morgan fingerprint density at radius 1 is 1.00 bits per heavy atom. The lowest BCUT2D eigenvalue weighted by Gasteiger charge is -2.12. The second kappa shape index (κ2) is 16.9. The second-order valence-corrected chi connectivity index (χ2v) is 11.8. The molecular weight excluding hydrogens is 582 g/mol. The van der Waals surface area contributed by atoms with E-state index in [9.17, 15) is 9.35 Å². The lowest BCUT2D eigenvalue weighted by Crippen LogP contribution is -2.11. The third kappa shape index (κ3) is 10.0. The van der Waals surface area contributed by atoms with E-state index in [4.69, 9.17) is 21.1 Å². The fourth-order valence-electron chi connectivity index (χ4n) is 4.33. The van der Waals surface area contributed by atoms with E-state index < -0.39 is 11.2 Å². The summed E-state index contributed by atoms with van der Waals surface area (Å²) >= 11 is 5.22. The summed E-state index contributed by atoms with van der Waals surface area (Å²) in [6, 6.07) is 20.6. The number of anilines is 1. The number of aromatic nitrogens is 2. The van der Waals surface area contributed by atoms with Crippen LogP contribution in [0, 0.1) is 0 Å². The van der Waals surface area contributed by atoms with Crippen molar-refractivity contribution in [1.82, 2.24) is 9.55 Å². The van der Waals surface area contributed by atoms with Gasteiger partial charge in [0.05, 0.1) is 24.8 Å². The van der Waals surface area contributed by atoms with Gasteiger partial charge in [-0.15, -0.1) is 0 Å². The molecule has 1 N–H and O–H groups in total. The molecule has 4 aromatic rings. The molecule has 1 amide bonds. The van der Waals surface area contributed by atoms with Gasteiger partial charge in [0.15, 0.2) is 10.6 Å². The van der Waals surface area contributed by atoms with E-state index in [2.05, 4.69) is 24.1 Å². The van der Waals surface area contributed by atoms with Crippen molar-refractivity contribution in [2.24, 2.45) is 0 Å². The molecule has 0 saturated heterocycles. The van der Waals surface area contributed by atoms with Gasteiger partial charge >= 0.3 is 0 Å². The van der Waals surface area contributed by atoms with Crippen LogP contribution in [-0.2, 0) is 33.0 Å². The summed E-state index contributed by atoms with van der Waals surface area (Å²) in [5, 5.41) is 3.39. The highest BCUT2D eigenvalue weighted by atomic mass is 35.5. The molecule has 1 aromatic heterocycles. The molecule has 1 atom stereocenters. The molecule has 1 heterocycles. The average Bonchev–Trinajstić information content (AvgIpc) is 3.45. The normalized spacial score (nSPS) is 12.0. The van der Waals surface area contributed by atoms with Crippen molar-refractivity contribution in [2.45, 2.75) is 50.3 Å². The van der Waals surface area contributed by atoms with Crippen LogP contribution >= 0.6 is 11.6 Å². The largest absolute Gasteiger partial charge is 0.611 e. The van der Waals surface area contributed by atoms with Crippen molar-refractivity contribution in [2.75, 3.05) is 25.1 Å². The molecular formula is C34H38ClN3O4S. The van der Waals surface area contributed by atoms with Crippen molar-refractivity contribution in [3.63, 3.8) is 0 Å². The highest BCUT2D eigenvalue weighted by Gasteiger charge is 2.15. The van der Waals surface area contributed by atoms with Crippen LogP contribution in [0.1, 0.15) is 44.4 Å². The van der Waals surface area contributed by atoms with Crippen LogP contribution in [0.2, 0.25) is 5.02 Å². The number of carbonyl (C=O) groups is 1. The Bertz CT molecular complexity index is 1470. The van der Waals surface area contributed by atoms with Crippen molar-refractivity contribution in [3.8, 4) is 16.9 Å². The van der Waals surface area contributed by atoms with Gasteiger partial charge in [0.25, 0.3) is 0 Å². The Hall–Kier alpha value is -3.56. The van der Waals surface area contributed by atoms with Crippen molar-refractivity contribution >= 4 is 40.4 Å². The van der Waals surface area contributed by atoms with Gasteiger partial charge in [-0.2, -0.15) is 0 Å². The monoisotopic (exact) mass is 619 g/mol. The molecule has 0 saturated carbocycles. The number of amides is 1. The third-order valence-electron chi connectivity index (χ3n) is 6.66. The molecule has 7 nitrogen and oxygen atoms in total. The van der Waals surface area contributed by atoms with Gasteiger partial charge in [-0.1, -0.05) is 50.1 Å². The minimum atomic E-state index is -1.22. The van der Waals surface area contributed by atoms with Crippen LogP contribution in [0.3, 0.4) is 0 Å². The summed E-state index contributed by atoms with van der Waals surface area (Å²) in [5.41, 5.74) is 4.26. The molecule has 0 bridgehead atoms. The van der Waals surface area contributed by atoms with Gasteiger partial charge in [0, 0.05) is 29.9 Å². The molecule has 0 spiro atoms. The van der Waals surface area contributed by atoms with Crippen LogP contribution in [0.4, 0.5) is 5.69 Å². The minimum Gasteiger partial charge on any atom is -0.611 e. The maximum absolute atomic E-state index is 12.9. The summed E-state index contributed by atoms with van der Waals surface area (Å²) in [6.07, 6.45) is 9.83. The van der Waals surface area contributed by atoms with Crippen molar-refractivity contribution in [1.29, 1.82) is 0 Å². The van der Waals surface area contributed by atoms with Gasteiger partial charge in [-0.05, 0) is 95.3 Å². The number of imidazole rings is 1. The van der Waals surface area contributed by atoms with Crippen LogP contribution in [-0.4, -0.2) is 39.8 Å². The molecule has 0 radical (unpaired) electrons. The van der Waals surface area contributed by atoms with Gasteiger partial charge < -0.3 is 23.9 Å². The Balaban J connectivity index is 1.30. The summed E-state index contributed by atoms with van der Waals surface area (Å²) in [5.74, 6) is 0.882.